The van der Waals surface area contributed by atoms with Crippen LogP contribution < -0.4 is 10.6 Å². The zero-order chi connectivity index (χ0) is 12.9. The SMILES string of the molecule is CNc1ncc(F)c(NCC(C)(C)CCO)n1. The molecule has 0 aliphatic rings. The maximum Gasteiger partial charge on any atom is 0.224 e. The van der Waals surface area contributed by atoms with Crippen LogP contribution in [0.3, 0.4) is 0 Å². The number of aromatic nitrogens is 2. The van der Waals surface area contributed by atoms with Crippen LogP contribution in [0.25, 0.3) is 0 Å². The van der Waals surface area contributed by atoms with Gasteiger partial charge in [-0.25, -0.2) is 9.37 Å². The monoisotopic (exact) mass is 242 g/mol. The maximum atomic E-state index is 13.4. The molecule has 0 bridgehead atoms. The van der Waals surface area contributed by atoms with E-state index < -0.39 is 5.82 Å². The molecular weight excluding hydrogens is 223 g/mol. The summed E-state index contributed by atoms with van der Waals surface area (Å²) in [6.07, 6.45) is 1.77. The van der Waals surface area contributed by atoms with Gasteiger partial charge in [0.1, 0.15) is 0 Å². The van der Waals surface area contributed by atoms with Crippen molar-refractivity contribution in [2.45, 2.75) is 20.3 Å². The maximum absolute atomic E-state index is 13.4. The quantitative estimate of drug-likeness (QED) is 0.705. The van der Waals surface area contributed by atoms with Gasteiger partial charge < -0.3 is 15.7 Å². The molecule has 0 saturated heterocycles. The van der Waals surface area contributed by atoms with Gasteiger partial charge in [0.2, 0.25) is 5.95 Å². The molecule has 0 unspecified atom stereocenters. The largest absolute Gasteiger partial charge is 0.396 e. The Bertz CT molecular complexity index is 370. The van der Waals surface area contributed by atoms with Crippen molar-refractivity contribution in [3.05, 3.63) is 12.0 Å². The van der Waals surface area contributed by atoms with E-state index in [1.807, 2.05) is 13.8 Å². The summed E-state index contributed by atoms with van der Waals surface area (Å²) in [5.74, 6) is 0.0630. The van der Waals surface area contributed by atoms with Crippen LogP contribution in [0.2, 0.25) is 0 Å². The zero-order valence-corrected chi connectivity index (χ0v) is 10.4. The molecule has 0 spiro atoms. The van der Waals surface area contributed by atoms with Crippen molar-refractivity contribution in [2.24, 2.45) is 5.41 Å². The van der Waals surface area contributed by atoms with E-state index in [0.717, 1.165) is 6.20 Å². The summed E-state index contributed by atoms with van der Waals surface area (Å²) in [4.78, 5) is 7.74. The molecular formula is C11H19FN4O. The molecule has 0 saturated carbocycles. The number of rotatable bonds is 6. The molecule has 0 aromatic carbocycles. The Morgan fingerprint density at radius 3 is 2.76 bits per heavy atom. The van der Waals surface area contributed by atoms with Gasteiger partial charge in [-0.1, -0.05) is 13.8 Å². The minimum absolute atomic E-state index is 0.114. The van der Waals surface area contributed by atoms with Gasteiger partial charge in [0, 0.05) is 20.2 Å². The van der Waals surface area contributed by atoms with Crippen molar-refractivity contribution in [1.29, 1.82) is 0 Å². The summed E-state index contributed by atoms with van der Waals surface area (Å²) < 4.78 is 13.4. The van der Waals surface area contributed by atoms with Crippen molar-refractivity contribution >= 4 is 11.8 Å². The molecule has 0 amide bonds. The predicted octanol–water partition coefficient (Wildman–Crippen LogP) is 1.48. The van der Waals surface area contributed by atoms with Crippen LogP contribution in [0.5, 0.6) is 0 Å². The highest BCUT2D eigenvalue weighted by molar-refractivity contribution is 5.40. The van der Waals surface area contributed by atoms with Crippen molar-refractivity contribution in [2.75, 3.05) is 30.8 Å². The second-order valence-corrected chi connectivity index (χ2v) is 4.63. The fraction of sp³-hybridized carbons (Fsp3) is 0.636. The molecule has 0 atom stereocenters. The van der Waals surface area contributed by atoms with Crippen LogP contribution in [0.4, 0.5) is 16.2 Å². The molecule has 0 aliphatic carbocycles. The Kier molecular flexibility index (Phi) is 4.62. The number of aliphatic hydroxyl groups excluding tert-OH is 1. The van der Waals surface area contributed by atoms with E-state index in [1.165, 1.54) is 0 Å². The molecule has 6 heteroatoms. The molecule has 96 valence electrons. The van der Waals surface area contributed by atoms with Crippen molar-refractivity contribution in [3.63, 3.8) is 0 Å². The Morgan fingerprint density at radius 2 is 2.18 bits per heavy atom. The van der Waals surface area contributed by atoms with Crippen LogP contribution in [-0.2, 0) is 0 Å². The third-order valence-electron chi connectivity index (χ3n) is 2.49. The topological polar surface area (TPSA) is 70.1 Å². The van der Waals surface area contributed by atoms with E-state index in [0.29, 0.717) is 18.9 Å². The van der Waals surface area contributed by atoms with Gasteiger partial charge in [-0.3, -0.25) is 0 Å². The number of nitrogens with one attached hydrogen (secondary N) is 2. The molecule has 3 N–H and O–H groups in total. The number of halogens is 1. The lowest BCUT2D eigenvalue weighted by molar-refractivity contribution is 0.220. The minimum Gasteiger partial charge on any atom is -0.396 e. The van der Waals surface area contributed by atoms with Gasteiger partial charge in [-0.05, 0) is 11.8 Å². The fourth-order valence-corrected chi connectivity index (χ4v) is 1.33. The lowest BCUT2D eigenvalue weighted by atomic mass is 9.90. The van der Waals surface area contributed by atoms with Crippen molar-refractivity contribution < 1.29 is 9.50 Å². The summed E-state index contributed by atoms with van der Waals surface area (Å²) in [6, 6.07) is 0. The second-order valence-electron chi connectivity index (χ2n) is 4.63. The summed E-state index contributed by atoms with van der Waals surface area (Å²) >= 11 is 0. The number of nitrogens with zero attached hydrogens (tertiary/aromatic N) is 2. The predicted molar refractivity (Wildman–Crippen MR) is 65.5 cm³/mol. The number of hydrogen-bond donors (Lipinski definition) is 3. The molecule has 1 aromatic rings. The zero-order valence-electron chi connectivity index (χ0n) is 10.4. The standard InChI is InChI=1S/C11H19FN4O/c1-11(2,4-5-17)7-15-9-8(12)6-14-10(13-3)16-9/h6,17H,4-5,7H2,1-3H3,(H2,13,14,15,16). The lowest BCUT2D eigenvalue weighted by Gasteiger charge is -2.24. The van der Waals surface area contributed by atoms with Crippen molar-refractivity contribution in [3.8, 4) is 0 Å². The molecule has 1 heterocycles. The van der Waals surface area contributed by atoms with Gasteiger partial charge in [0.15, 0.2) is 11.6 Å². The highest BCUT2D eigenvalue weighted by atomic mass is 19.1. The van der Waals surface area contributed by atoms with Gasteiger partial charge in [0.25, 0.3) is 0 Å². The summed E-state index contributed by atoms with van der Waals surface area (Å²) in [5.41, 5.74) is -0.119. The minimum atomic E-state index is -0.483. The Hall–Kier alpha value is -1.43. The Balaban J connectivity index is 2.68. The van der Waals surface area contributed by atoms with Crippen LogP contribution in [-0.4, -0.2) is 35.3 Å². The van der Waals surface area contributed by atoms with Gasteiger partial charge >= 0.3 is 0 Å². The van der Waals surface area contributed by atoms with Crippen molar-refractivity contribution in [1.82, 2.24) is 9.97 Å². The molecule has 17 heavy (non-hydrogen) atoms. The average molecular weight is 242 g/mol. The molecule has 5 nitrogen and oxygen atoms in total. The second kappa shape index (κ2) is 5.77. The van der Waals surface area contributed by atoms with Gasteiger partial charge in [0.05, 0.1) is 6.20 Å². The van der Waals surface area contributed by atoms with Gasteiger partial charge in [-0.15, -0.1) is 0 Å². The normalized spacial score (nSPS) is 11.4. The summed E-state index contributed by atoms with van der Waals surface area (Å²) in [6.45, 7) is 4.63. The first-order valence-corrected chi connectivity index (χ1v) is 5.53. The lowest BCUT2D eigenvalue weighted by Crippen LogP contribution is -2.25. The van der Waals surface area contributed by atoms with E-state index in [4.69, 9.17) is 5.11 Å². The highest BCUT2D eigenvalue weighted by Crippen LogP contribution is 2.21. The van der Waals surface area contributed by atoms with Gasteiger partial charge in [-0.2, -0.15) is 4.98 Å². The number of aliphatic hydroxyl groups is 1. The molecule has 0 aliphatic heterocycles. The molecule has 0 fully saturated rings. The smallest absolute Gasteiger partial charge is 0.224 e. The number of hydrogen-bond acceptors (Lipinski definition) is 5. The van der Waals surface area contributed by atoms with E-state index in [1.54, 1.807) is 7.05 Å². The Labute approximate surface area is 100 Å². The van der Waals surface area contributed by atoms with E-state index in [2.05, 4.69) is 20.6 Å². The first kappa shape index (κ1) is 13.6. The first-order valence-electron chi connectivity index (χ1n) is 5.53. The van der Waals surface area contributed by atoms with E-state index in [9.17, 15) is 4.39 Å². The fourth-order valence-electron chi connectivity index (χ4n) is 1.33. The molecule has 1 aromatic heterocycles. The number of anilines is 2. The molecule has 0 radical (unpaired) electrons. The summed E-state index contributed by atoms with van der Waals surface area (Å²) in [5, 5.41) is 14.6. The first-order chi connectivity index (χ1) is 7.98. The Morgan fingerprint density at radius 1 is 1.47 bits per heavy atom. The third-order valence-corrected chi connectivity index (χ3v) is 2.49. The van der Waals surface area contributed by atoms with Crippen LogP contribution in [0.1, 0.15) is 20.3 Å². The van der Waals surface area contributed by atoms with E-state index in [-0.39, 0.29) is 17.8 Å². The average Bonchev–Trinajstić information content (AvgIpc) is 2.28. The highest BCUT2D eigenvalue weighted by Gasteiger charge is 2.18. The molecule has 1 rings (SSSR count). The summed E-state index contributed by atoms with van der Waals surface area (Å²) in [7, 11) is 1.67. The van der Waals surface area contributed by atoms with Crippen LogP contribution in [0, 0.1) is 11.2 Å². The third kappa shape index (κ3) is 4.14. The van der Waals surface area contributed by atoms with E-state index >= 15 is 0 Å². The van der Waals surface area contributed by atoms with Crippen LogP contribution in [0.15, 0.2) is 6.20 Å². The van der Waals surface area contributed by atoms with Crippen LogP contribution >= 0.6 is 0 Å².